The molecule has 0 aliphatic carbocycles. The first-order valence-electron chi connectivity index (χ1n) is 5.47. The Labute approximate surface area is 123 Å². The highest BCUT2D eigenvalue weighted by atomic mass is 79.9. The van der Waals surface area contributed by atoms with Gasteiger partial charge in [-0.15, -0.1) is 0 Å². The van der Waals surface area contributed by atoms with Crippen molar-refractivity contribution in [3.8, 4) is 6.07 Å². The molecule has 2 aromatic rings. The highest BCUT2D eigenvalue weighted by Gasteiger charge is 2.05. The van der Waals surface area contributed by atoms with Gasteiger partial charge < -0.3 is 5.32 Å². The van der Waals surface area contributed by atoms with Crippen LogP contribution in [0.2, 0.25) is 5.02 Å². The van der Waals surface area contributed by atoms with E-state index >= 15 is 0 Å². The van der Waals surface area contributed by atoms with Gasteiger partial charge in [0, 0.05) is 16.0 Å². The van der Waals surface area contributed by atoms with Gasteiger partial charge in [-0.05, 0) is 42.0 Å². The smallest absolute Gasteiger partial charge is 0.123 e. The molecule has 2 rings (SSSR count). The summed E-state index contributed by atoms with van der Waals surface area (Å²) >= 11 is 9.33. The molecule has 19 heavy (non-hydrogen) atoms. The fourth-order valence-electron chi connectivity index (χ4n) is 1.63. The summed E-state index contributed by atoms with van der Waals surface area (Å²) in [6, 6.07) is 11.6. The Balaban J connectivity index is 2.21. The molecule has 0 atom stereocenters. The molecule has 0 aliphatic heterocycles. The number of halogens is 3. The molecule has 0 bridgehead atoms. The number of anilines is 1. The van der Waals surface area contributed by atoms with Gasteiger partial charge in [-0.3, -0.25) is 0 Å². The predicted octanol–water partition coefficient (Wildman–Crippen LogP) is 4.73. The minimum atomic E-state index is -0.337. The number of nitrogens with one attached hydrogen (secondary N) is 1. The summed E-state index contributed by atoms with van der Waals surface area (Å²) in [6.45, 7) is 0.349. The van der Waals surface area contributed by atoms with Crippen molar-refractivity contribution in [3.63, 3.8) is 0 Å². The van der Waals surface area contributed by atoms with Gasteiger partial charge in [0.15, 0.2) is 0 Å². The zero-order valence-corrected chi connectivity index (χ0v) is 12.1. The third-order valence-electron chi connectivity index (χ3n) is 2.58. The van der Waals surface area contributed by atoms with Crippen LogP contribution < -0.4 is 5.32 Å². The lowest BCUT2D eigenvalue weighted by molar-refractivity contribution is 0.626. The van der Waals surface area contributed by atoms with Crippen LogP contribution in [0.5, 0.6) is 0 Å². The normalized spacial score (nSPS) is 10.0. The quantitative estimate of drug-likeness (QED) is 0.878. The summed E-state index contributed by atoms with van der Waals surface area (Å²) < 4.78 is 14.0. The summed E-state index contributed by atoms with van der Waals surface area (Å²) in [5.74, 6) is -0.337. The number of nitrogens with zero attached hydrogens (tertiary/aromatic N) is 1. The van der Waals surface area contributed by atoms with Crippen LogP contribution in [-0.2, 0) is 6.54 Å². The van der Waals surface area contributed by atoms with E-state index in [-0.39, 0.29) is 5.82 Å². The molecule has 0 unspecified atom stereocenters. The summed E-state index contributed by atoms with van der Waals surface area (Å²) in [5, 5.41) is 12.6. The lowest BCUT2D eigenvalue weighted by Gasteiger charge is -2.10. The molecule has 1 N–H and O–H groups in total. The van der Waals surface area contributed by atoms with Crippen LogP contribution in [-0.4, -0.2) is 0 Å². The number of hydrogen-bond donors (Lipinski definition) is 1. The molecule has 0 saturated heterocycles. The van der Waals surface area contributed by atoms with Crippen molar-refractivity contribution in [2.45, 2.75) is 6.54 Å². The first-order chi connectivity index (χ1) is 9.10. The first-order valence-corrected chi connectivity index (χ1v) is 6.64. The molecule has 0 fully saturated rings. The van der Waals surface area contributed by atoms with Gasteiger partial charge in [-0.2, -0.15) is 5.26 Å². The molecule has 2 aromatic carbocycles. The minimum Gasteiger partial charge on any atom is -0.380 e. The molecule has 96 valence electrons. The van der Waals surface area contributed by atoms with Crippen molar-refractivity contribution in [3.05, 3.63) is 62.8 Å². The highest BCUT2D eigenvalue weighted by molar-refractivity contribution is 9.10. The number of rotatable bonds is 3. The molecule has 2 nitrogen and oxygen atoms in total. The average molecular weight is 340 g/mol. The van der Waals surface area contributed by atoms with Crippen molar-refractivity contribution in [2.24, 2.45) is 0 Å². The second-order valence-electron chi connectivity index (χ2n) is 3.89. The van der Waals surface area contributed by atoms with Crippen LogP contribution in [0.1, 0.15) is 11.1 Å². The van der Waals surface area contributed by atoms with Crippen LogP contribution in [0.15, 0.2) is 40.9 Å². The topological polar surface area (TPSA) is 35.8 Å². The Morgan fingerprint density at radius 3 is 2.79 bits per heavy atom. The van der Waals surface area contributed by atoms with E-state index in [2.05, 4.69) is 27.3 Å². The Bertz CT molecular complexity index is 652. The van der Waals surface area contributed by atoms with Gasteiger partial charge in [0.1, 0.15) is 11.9 Å². The third kappa shape index (κ3) is 3.46. The first kappa shape index (κ1) is 13.9. The Morgan fingerprint density at radius 1 is 1.26 bits per heavy atom. The predicted molar refractivity (Wildman–Crippen MR) is 77.6 cm³/mol. The minimum absolute atomic E-state index is 0.337. The van der Waals surface area contributed by atoms with Crippen LogP contribution in [0.25, 0.3) is 0 Å². The van der Waals surface area contributed by atoms with Crippen LogP contribution >= 0.6 is 27.5 Å². The average Bonchev–Trinajstić information content (AvgIpc) is 2.40. The molecule has 0 aliphatic rings. The summed E-state index contributed by atoms with van der Waals surface area (Å²) in [7, 11) is 0. The molecule has 0 amide bonds. The van der Waals surface area contributed by atoms with Crippen LogP contribution in [0, 0.1) is 17.1 Å². The van der Waals surface area contributed by atoms with Crippen molar-refractivity contribution in [2.75, 3.05) is 5.32 Å². The van der Waals surface area contributed by atoms with Gasteiger partial charge >= 0.3 is 0 Å². The summed E-state index contributed by atoms with van der Waals surface area (Å²) in [5.41, 5.74) is 1.85. The molecule has 0 saturated carbocycles. The molecular formula is C14H9BrClFN2. The van der Waals surface area contributed by atoms with Gasteiger partial charge in [0.05, 0.1) is 11.3 Å². The molecule has 0 heterocycles. The van der Waals surface area contributed by atoms with E-state index in [4.69, 9.17) is 16.9 Å². The van der Waals surface area contributed by atoms with Crippen LogP contribution in [0.4, 0.5) is 10.1 Å². The van der Waals surface area contributed by atoms with Crippen LogP contribution in [0.3, 0.4) is 0 Å². The van der Waals surface area contributed by atoms with E-state index < -0.39 is 0 Å². The van der Waals surface area contributed by atoms with Crippen molar-refractivity contribution in [1.29, 1.82) is 5.26 Å². The van der Waals surface area contributed by atoms with E-state index in [1.165, 1.54) is 18.2 Å². The van der Waals surface area contributed by atoms with E-state index in [1.54, 1.807) is 18.2 Å². The zero-order chi connectivity index (χ0) is 13.8. The van der Waals surface area contributed by atoms with E-state index in [9.17, 15) is 4.39 Å². The van der Waals surface area contributed by atoms with Gasteiger partial charge in [0.2, 0.25) is 0 Å². The van der Waals surface area contributed by atoms with Gasteiger partial charge in [-0.1, -0.05) is 27.5 Å². The third-order valence-corrected chi connectivity index (χ3v) is 3.44. The second kappa shape index (κ2) is 6.05. The van der Waals surface area contributed by atoms with Crippen molar-refractivity contribution in [1.82, 2.24) is 0 Å². The lowest BCUT2D eigenvalue weighted by Crippen LogP contribution is -2.02. The maximum absolute atomic E-state index is 13.1. The molecule has 0 spiro atoms. The van der Waals surface area contributed by atoms with Crippen molar-refractivity contribution >= 4 is 33.2 Å². The molecule has 5 heteroatoms. The standard InChI is InChI=1S/C14H9BrClFN2/c15-11-2-1-9(7-18)14(6-11)19-8-10-5-12(17)3-4-13(10)16/h1-6,19H,8H2. The molecular weight excluding hydrogens is 331 g/mol. The number of nitriles is 1. The monoisotopic (exact) mass is 338 g/mol. The maximum Gasteiger partial charge on any atom is 0.123 e. The van der Waals surface area contributed by atoms with E-state index in [1.807, 2.05) is 0 Å². The van der Waals surface area contributed by atoms with Gasteiger partial charge in [-0.25, -0.2) is 4.39 Å². The van der Waals surface area contributed by atoms with E-state index in [0.29, 0.717) is 28.4 Å². The number of benzene rings is 2. The summed E-state index contributed by atoms with van der Waals surface area (Å²) in [4.78, 5) is 0. The Kier molecular flexibility index (Phi) is 4.41. The fraction of sp³-hybridized carbons (Fsp3) is 0.0714. The maximum atomic E-state index is 13.1. The van der Waals surface area contributed by atoms with E-state index in [0.717, 1.165) is 4.47 Å². The summed E-state index contributed by atoms with van der Waals surface area (Å²) in [6.07, 6.45) is 0. The second-order valence-corrected chi connectivity index (χ2v) is 5.21. The Hall–Kier alpha value is -1.57. The zero-order valence-electron chi connectivity index (χ0n) is 9.75. The fourth-order valence-corrected chi connectivity index (χ4v) is 2.17. The molecule has 0 aromatic heterocycles. The SMILES string of the molecule is N#Cc1ccc(Br)cc1NCc1cc(F)ccc1Cl. The van der Waals surface area contributed by atoms with Gasteiger partial charge in [0.25, 0.3) is 0 Å². The van der Waals surface area contributed by atoms with Crippen molar-refractivity contribution < 1.29 is 4.39 Å². The molecule has 0 radical (unpaired) electrons. The Morgan fingerprint density at radius 2 is 2.05 bits per heavy atom. The number of hydrogen-bond acceptors (Lipinski definition) is 2. The largest absolute Gasteiger partial charge is 0.380 e. The lowest BCUT2D eigenvalue weighted by atomic mass is 10.1. The highest BCUT2D eigenvalue weighted by Crippen LogP contribution is 2.23.